The van der Waals surface area contributed by atoms with Gasteiger partial charge in [-0.15, -0.1) is 0 Å². The number of benzene rings is 2. The molecule has 0 spiro atoms. The molecule has 4 heterocycles. The lowest BCUT2D eigenvalue weighted by atomic mass is 10.0. The summed E-state index contributed by atoms with van der Waals surface area (Å²) in [5.74, 6) is 1.11. The van der Waals surface area contributed by atoms with Gasteiger partial charge in [-0.05, 0) is 98.6 Å². The van der Waals surface area contributed by atoms with E-state index in [-0.39, 0.29) is 0 Å². The molecule has 2 aliphatic heterocycles. The topological polar surface area (TPSA) is 37.2 Å². The van der Waals surface area contributed by atoms with Gasteiger partial charge in [0.1, 0.15) is 11.3 Å². The largest absolute Gasteiger partial charge is 0.344 e. The van der Waals surface area contributed by atoms with Gasteiger partial charge in [-0.3, -0.25) is 4.90 Å². The highest BCUT2D eigenvalue weighted by Gasteiger charge is 2.20. The van der Waals surface area contributed by atoms with Crippen molar-refractivity contribution in [3.05, 3.63) is 81.8 Å². The molecule has 1 saturated heterocycles. The van der Waals surface area contributed by atoms with Crippen molar-refractivity contribution >= 4 is 22.5 Å². The number of rotatable bonds is 5. The van der Waals surface area contributed by atoms with Gasteiger partial charge in [-0.25, -0.2) is 9.97 Å². The summed E-state index contributed by atoms with van der Waals surface area (Å²) in [5, 5.41) is 0. The molecule has 0 amide bonds. The van der Waals surface area contributed by atoms with Crippen LogP contribution in [0.1, 0.15) is 59.1 Å². The van der Waals surface area contributed by atoms with Crippen LogP contribution in [-0.4, -0.2) is 39.6 Å². The summed E-state index contributed by atoms with van der Waals surface area (Å²) in [6.45, 7) is 10.8. The first kappa shape index (κ1) is 23.2. The van der Waals surface area contributed by atoms with Gasteiger partial charge >= 0.3 is 0 Å². The highest BCUT2D eigenvalue weighted by Crippen LogP contribution is 2.36. The Morgan fingerprint density at radius 3 is 2.08 bits per heavy atom. The monoisotopic (exact) mass is 479 g/mol. The van der Waals surface area contributed by atoms with Crippen LogP contribution in [0.25, 0.3) is 11.2 Å². The number of hydrogen-bond donors (Lipinski definition) is 0. The number of hydrogen-bond acceptors (Lipinski definition) is 4. The summed E-state index contributed by atoms with van der Waals surface area (Å²) in [7, 11) is 2.22. The van der Waals surface area contributed by atoms with Gasteiger partial charge in [0.2, 0.25) is 0 Å². The number of nitrogens with zero attached hydrogens (tertiary/aromatic N) is 5. The summed E-state index contributed by atoms with van der Waals surface area (Å²) in [6, 6.07) is 16.3. The third-order valence-corrected chi connectivity index (χ3v) is 8.04. The molecule has 4 aromatic rings. The molecule has 1 fully saturated rings. The zero-order valence-corrected chi connectivity index (χ0v) is 22.1. The van der Waals surface area contributed by atoms with E-state index in [2.05, 4.69) is 84.7 Å². The number of imidazole rings is 1. The second-order valence-electron chi connectivity index (χ2n) is 10.7. The Hall–Kier alpha value is -3.18. The molecule has 5 nitrogen and oxygen atoms in total. The number of aryl methyl sites for hydroxylation is 5. The molecule has 2 aromatic carbocycles. The van der Waals surface area contributed by atoms with Gasteiger partial charge in [-0.2, -0.15) is 0 Å². The van der Waals surface area contributed by atoms with Crippen LogP contribution in [0.5, 0.6) is 0 Å². The van der Waals surface area contributed by atoms with Crippen molar-refractivity contribution in [2.45, 2.75) is 66.0 Å². The predicted octanol–water partition coefficient (Wildman–Crippen LogP) is 6.12. The van der Waals surface area contributed by atoms with E-state index >= 15 is 0 Å². The van der Waals surface area contributed by atoms with E-state index in [1.54, 1.807) is 0 Å². The van der Waals surface area contributed by atoms with Crippen LogP contribution in [0.3, 0.4) is 0 Å². The molecule has 5 heteroatoms. The van der Waals surface area contributed by atoms with E-state index in [0.29, 0.717) is 0 Å². The zero-order chi connectivity index (χ0) is 24.8. The Bertz CT molecular complexity index is 1430. The number of likely N-dealkylation sites (tertiary alicyclic amines) is 1. The number of aromatic nitrogens is 3. The summed E-state index contributed by atoms with van der Waals surface area (Å²) in [4.78, 5) is 14.8. The first-order valence-electron chi connectivity index (χ1n) is 13.5. The quantitative estimate of drug-likeness (QED) is 0.346. The molecule has 0 saturated carbocycles. The van der Waals surface area contributed by atoms with Gasteiger partial charge in [0.15, 0.2) is 5.65 Å². The van der Waals surface area contributed by atoms with Crippen molar-refractivity contribution in [1.29, 1.82) is 0 Å². The molecule has 0 aliphatic carbocycles. The van der Waals surface area contributed by atoms with Gasteiger partial charge in [0, 0.05) is 37.1 Å². The molecule has 0 radical (unpaired) electrons. The molecule has 0 bridgehead atoms. The molecule has 2 aromatic heterocycles. The van der Waals surface area contributed by atoms with Crippen molar-refractivity contribution < 1.29 is 0 Å². The Morgan fingerprint density at radius 2 is 1.44 bits per heavy atom. The first-order chi connectivity index (χ1) is 17.5. The molecule has 0 N–H and O–H groups in total. The maximum Gasteiger partial charge on any atom is 0.160 e. The molecule has 2 aliphatic rings. The van der Waals surface area contributed by atoms with Gasteiger partial charge in [-0.1, -0.05) is 31.2 Å². The molecule has 36 heavy (non-hydrogen) atoms. The second kappa shape index (κ2) is 9.36. The van der Waals surface area contributed by atoms with E-state index < -0.39 is 0 Å². The minimum atomic E-state index is 0.805. The Kier molecular flexibility index (Phi) is 6.04. The lowest BCUT2D eigenvalue weighted by Crippen LogP contribution is -2.18. The smallest absolute Gasteiger partial charge is 0.160 e. The molecular formula is C31H37N5. The highest BCUT2D eigenvalue weighted by molar-refractivity contribution is 5.76. The Labute approximate surface area is 214 Å². The van der Waals surface area contributed by atoms with Crippen LogP contribution in [-0.2, 0) is 32.4 Å². The lowest BCUT2D eigenvalue weighted by molar-refractivity contribution is 0.331. The standard InChI is InChI=1S/C31H37N5/c1-5-29-33-30-21(2)16-22(3)32-31(30)36(29)20-24-9-13-28-26(18-24)11-10-25-17-23(8-12-27(25)34(28)4)19-35-14-6-7-15-35/h8-9,12-13,16-18H,5-7,10-11,14-15,19-20H2,1-4H3. The van der Waals surface area contributed by atoms with Crippen LogP contribution in [0.15, 0.2) is 42.5 Å². The number of pyridine rings is 1. The zero-order valence-electron chi connectivity index (χ0n) is 22.1. The van der Waals surface area contributed by atoms with E-state index in [4.69, 9.17) is 9.97 Å². The molecule has 186 valence electrons. The Morgan fingerprint density at radius 1 is 0.806 bits per heavy atom. The van der Waals surface area contributed by atoms with Gasteiger partial charge in [0.05, 0.1) is 6.54 Å². The van der Waals surface area contributed by atoms with Crippen molar-refractivity contribution in [3.8, 4) is 0 Å². The third kappa shape index (κ3) is 4.20. The van der Waals surface area contributed by atoms with E-state index in [9.17, 15) is 0 Å². The van der Waals surface area contributed by atoms with Gasteiger partial charge < -0.3 is 9.47 Å². The molecule has 0 unspecified atom stereocenters. The summed E-state index contributed by atoms with van der Waals surface area (Å²) in [5.41, 5.74) is 12.6. The minimum Gasteiger partial charge on any atom is -0.344 e. The Balaban J connectivity index is 1.29. The third-order valence-electron chi connectivity index (χ3n) is 8.04. The highest BCUT2D eigenvalue weighted by atomic mass is 15.1. The normalized spacial score (nSPS) is 15.8. The number of fused-ring (bicyclic) bond motifs is 3. The first-order valence-corrected chi connectivity index (χ1v) is 13.5. The molecule has 6 rings (SSSR count). The summed E-state index contributed by atoms with van der Waals surface area (Å²) in [6.07, 6.45) is 5.73. The van der Waals surface area contributed by atoms with Crippen LogP contribution in [0.2, 0.25) is 0 Å². The van der Waals surface area contributed by atoms with Crippen molar-refractivity contribution in [2.75, 3.05) is 25.0 Å². The van der Waals surface area contributed by atoms with Crippen LogP contribution < -0.4 is 4.90 Å². The fraction of sp³-hybridized carbons (Fsp3) is 0.419. The predicted molar refractivity (Wildman–Crippen MR) is 148 cm³/mol. The molecular weight excluding hydrogens is 442 g/mol. The summed E-state index contributed by atoms with van der Waals surface area (Å²) >= 11 is 0. The number of anilines is 2. The van der Waals surface area contributed by atoms with Gasteiger partial charge in [0.25, 0.3) is 0 Å². The van der Waals surface area contributed by atoms with Crippen LogP contribution >= 0.6 is 0 Å². The maximum absolute atomic E-state index is 4.94. The van der Waals surface area contributed by atoms with Crippen LogP contribution in [0, 0.1) is 13.8 Å². The fourth-order valence-corrected chi connectivity index (χ4v) is 6.19. The average molecular weight is 480 g/mol. The van der Waals surface area contributed by atoms with Crippen LogP contribution in [0.4, 0.5) is 11.4 Å². The van der Waals surface area contributed by atoms with E-state index in [1.165, 1.54) is 65.1 Å². The lowest BCUT2D eigenvalue weighted by Gasteiger charge is -2.23. The minimum absolute atomic E-state index is 0.805. The van der Waals surface area contributed by atoms with Crippen molar-refractivity contribution in [3.63, 3.8) is 0 Å². The average Bonchev–Trinajstić information content (AvgIpc) is 3.47. The SMILES string of the molecule is CCc1nc2c(C)cc(C)nc2n1Cc1ccc2c(c1)CCc1cc(CN3CCCC3)ccc1N2C. The maximum atomic E-state index is 4.94. The van der Waals surface area contributed by atoms with Crippen molar-refractivity contribution in [2.24, 2.45) is 0 Å². The van der Waals surface area contributed by atoms with E-state index in [0.717, 1.165) is 55.0 Å². The fourth-order valence-electron chi connectivity index (χ4n) is 6.19. The summed E-state index contributed by atoms with van der Waals surface area (Å²) < 4.78 is 2.32. The van der Waals surface area contributed by atoms with E-state index in [1.807, 2.05) is 0 Å². The van der Waals surface area contributed by atoms with Crippen molar-refractivity contribution in [1.82, 2.24) is 19.4 Å². The molecule has 0 atom stereocenters. The second-order valence-corrected chi connectivity index (χ2v) is 10.7.